The summed E-state index contributed by atoms with van der Waals surface area (Å²) in [6.07, 6.45) is -1.10. The molecule has 7 N–H and O–H groups in total. The van der Waals surface area contributed by atoms with E-state index in [1.165, 1.54) is 13.1 Å². The van der Waals surface area contributed by atoms with E-state index in [0.717, 1.165) is 4.57 Å². The minimum absolute atomic E-state index is 0.00983. The Morgan fingerprint density at radius 3 is 2.50 bits per heavy atom. The minimum atomic E-state index is -5.74. The molecule has 1 fully saturated rings. The topological polar surface area (TPSA) is 285 Å². The Labute approximate surface area is 213 Å². The Morgan fingerprint density at radius 2 is 1.87 bits per heavy atom. The van der Waals surface area contributed by atoms with Gasteiger partial charge in [-0.15, -0.1) is 4.67 Å². The van der Waals surface area contributed by atoms with E-state index in [1.54, 1.807) is 0 Å². The third-order valence-electron chi connectivity index (χ3n) is 4.21. The first kappa shape index (κ1) is 31.9. The number of aromatic nitrogens is 2. The number of carbonyl (C=O) groups is 2. The molecule has 0 bridgehead atoms. The lowest BCUT2D eigenvalue weighted by atomic mass is 10.2. The summed E-state index contributed by atoms with van der Waals surface area (Å²) in [4.78, 5) is 78.5. The largest absolute Gasteiger partial charge is 0.508 e. The van der Waals surface area contributed by atoms with Crippen LogP contribution in [0.15, 0.2) is 11.0 Å². The lowest BCUT2D eigenvalue weighted by Gasteiger charge is -2.18. The number of hydrogen-bond donors (Lipinski definition) is 6. The quantitative estimate of drug-likeness (QED) is 0.0763. The monoisotopic (exact) mass is 604 g/mol. The fourth-order valence-electron chi connectivity index (χ4n) is 2.71. The van der Waals surface area contributed by atoms with Crippen molar-refractivity contribution in [1.82, 2.24) is 14.9 Å². The van der Waals surface area contributed by atoms with E-state index in [9.17, 15) is 33.0 Å². The van der Waals surface area contributed by atoms with E-state index in [4.69, 9.17) is 25.2 Å². The van der Waals surface area contributed by atoms with Gasteiger partial charge in [-0.1, -0.05) is 11.8 Å². The predicted molar refractivity (Wildman–Crippen MR) is 122 cm³/mol. The molecule has 19 nitrogen and oxygen atoms in total. The van der Waals surface area contributed by atoms with Crippen LogP contribution in [0.2, 0.25) is 0 Å². The zero-order valence-electron chi connectivity index (χ0n) is 19.4. The molecule has 1 aromatic heterocycles. The fraction of sp³-hybridized carbons (Fsp3) is 0.500. The van der Waals surface area contributed by atoms with Crippen LogP contribution in [0, 0.1) is 11.8 Å². The van der Waals surface area contributed by atoms with Crippen LogP contribution in [0.4, 0.5) is 5.82 Å². The van der Waals surface area contributed by atoms with Crippen molar-refractivity contribution in [2.75, 3.05) is 12.3 Å². The highest BCUT2D eigenvalue weighted by Crippen LogP contribution is 2.66. The maximum Gasteiger partial charge on any atom is 0.508 e. The summed E-state index contributed by atoms with van der Waals surface area (Å²) >= 11 is 0. The molecule has 0 aliphatic carbocycles. The van der Waals surface area contributed by atoms with Crippen molar-refractivity contribution in [3.05, 3.63) is 22.2 Å². The zero-order valence-corrected chi connectivity index (χ0v) is 22.0. The Kier molecular flexibility index (Phi) is 11.1. The number of rotatable bonds is 12. The molecule has 0 radical (unpaired) electrons. The third-order valence-corrected chi connectivity index (χ3v) is 7.81. The number of hydrogen-bond acceptors (Lipinski definition) is 13. The van der Waals surface area contributed by atoms with Crippen molar-refractivity contribution in [1.29, 1.82) is 0 Å². The van der Waals surface area contributed by atoms with Crippen molar-refractivity contribution in [3.63, 3.8) is 0 Å². The second-order valence-electron chi connectivity index (χ2n) is 7.37. The lowest BCUT2D eigenvalue weighted by molar-refractivity contribution is -0.326. The first-order valence-electron chi connectivity index (χ1n) is 10.2. The number of Topliss-reactive ketones (excluding diaryl/α,β-unsaturated/α-hetero) is 1. The maximum atomic E-state index is 12.3. The van der Waals surface area contributed by atoms with Gasteiger partial charge in [-0.3, -0.25) is 9.36 Å². The van der Waals surface area contributed by atoms with E-state index in [1.807, 2.05) is 0 Å². The first-order chi connectivity index (χ1) is 17.5. The molecular formula is C16H23N4O15P3. The number of anilines is 1. The highest BCUT2D eigenvalue weighted by atomic mass is 31.3. The molecule has 22 heteroatoms. The standard InChI is InChI=1S/C16H23N4O15P3/c1-10(21)4-5-12(22)18-8-2-3-11-9-20(16(23)19-15(11)17)13-6-7-14(31-13)32-33-37(27,28)35-38(29,30)34-36(24,25)26/h9,13-14H,4-8H2,1H3,(H,18,22)(H,27,28)(H,29,30)(H2,17,19,23)(H2,24,25,26). The summed E-state index contributed by atoms with van der Waals surface area (Å²) in [6.45, 7) is 1.28. The number of nitrogens with two attached hydrogens (primary N) is 1. The third kappa shape index (κ3) is 11.2. The normalized spacial score (nSPS) is 20.6. The Morgan fingerprint density at radius 1 is 1.18 bits per heavy atom. The van der Waals surface area contributed by atoms with E-state index >= 15 is 0 Å². The molecule has 4 atom stereocenters. The highest BCUT2D eigenvalue weighted by molar-refractivity contribution is 7.66. The Hall–Kier alpha value is -2.29. The Bertz CT molecular complexity index is 1320. The van der Waals surface area contributed by atoms with Gasteiger partial charge in [0.25, 0.3) is 0 Å². The minimum Gasteiger partial charge on any atom is -0.382 e. The number of amides is 1. The summed E-state index contributed by atoms with van der Waals surface area (Å²) in [5.74, 6) is 4.51. The second kappa shape index (κ2) is 13.2. The summed E-state index contributed by atoms with van der Waals surface area (Å²) in [7, 11) is -16.8. The number of carbonyl (C=O) groups excluding carboxylic acids is 2. The van der Waals surface area contributed by atoms with Gasteiger partial charge in [0.05, 0.1) is 12.1 Å². The first-order valence-corrected chi connectivity index (χ1v) is 14.8. The molecule has 0 spiro atoms. The van der Waals surface area contributed by atoms with Crippen molar-refractivity contribution in [3.8, 4) is 11.8 Å². The molecule has 38 heavy (non-hydrogen) atoms. The van der Waals surface area contributed by atoms with Crippen LogP contribution in [0.25, 0.3) is 0 Å². The highest BCUT2D eigenvalue weighted by Gasteiger charge is 2.42. The average molecular weight is 604 g/mol. The van der Waals surface area contributed by atoms with E-state index in [-0.39, 0.29) is 55.3 Å². The van der Waals surface area contributed by atoms with Crippen LogP contribution >= 0.6 is 23.5 Å². The van der Waals surface area contributed by atoms with E-state index in [2.05, 4.69) is 40.3 Å². The smallest absolute Gasteiger partial charge is 0.382 e. The summed E-state index contributed by atoms with van der Waals surface area (Å²) in [6, 6.07) is 0. The lowest BCUT2D eigenvalue weighted by Crippen LogP contribution is -2.28. The fourth-order valence-corrected chi connectivity index (χ4v) is 5.52. The molecule has 1 saturated heterocycles. The molecule has 2 rings (SSSR count). The molecule has 212 valence electrons. The van der Waals surface area contributed by atoms with Gasteiger partial charge in [0.2, 0.25) is 5.91 Å². The van der Waals surface area contributed by atoms with Crippen molar-refractivity contribution in [2.24, 2.45) is 0 Å². The summed E-state index contributed by atoms with van der Waals surface area (Å²) in [5.41, 5.74) is 4.97. The maximum absolute atomic E-state index is 12.3. The van der Waals surface area contributed by atoms with Gasteiger partial charge in [0, 0.05) is 25.5 Å². The van der Waals surface area contributed by atoms with Crippen molar-refractivity contribution in [2.45, 2.75) is 45.1 Å². The van der Waals surface area contributed by atoms with E-state index < -0.39 is 41.7 Å². The van der Waals surface area contributed by atoms with Crippen molar-refractivity contribution >= 4 is 41.0 Å². The molecule has 0 saturated carbocycles. The van der Waals surface area contributed by atoms with Crippen LogP contribution in [-0.4, -0.2) is 53.6 Å². The number of nitrogen functional groups attached to an aromatic ring is 1. The number of nitrogens with one attached hydrogen (secondary N) is 1. The van der Waals surface area contributed by atoms with Crippen LogP contribution in [0.1, 0.15) is 44.4 Å². The van der Waals surface area contributed by atoms with Crippen LogP contribution in [-0.2, 0) is 46.2 Å². The van der Waals surface area contributed by atoms with Crippen LogP contribution in [0.5, 0.6) is 0 Å². The SMILES string of the molecule is CC(=O)CCC(=O)NCC#Cc1cn(C2CCC(OOP(=O)(O)OP(=O)(O)OP(=O)(O)O)O2)c(=O)nc1N. The van der Waals surface area contributed by atoms with Gasteiger partial charge in [0.15, 0.2) is 6.29 Å². The number of ketones is 1. The Balaban J connectivity index is 1.97. The van der Waals surface area contributed by atoms with Gasteiger partial charge < -0.3 is 40.2 Å². The second-order valence-corrected chi connectivity index (χ2v) is 11.7. The van der Waals surface area contributed by atoms with Gasteiger partial charge in [0.1, 0.15) is 17.8 Å². The van der Waals surface area contributed by atoms with Gasteiger partial charge in [-0.2, -0.15) is 18.5 Å². The molecule has 1 aliphatic rings. The van der Waals surface area contributed by atoms with Gasteiger partial charge >= 0.3 is 29.2 Å². The average Bonchev–Trinajstić information content (AvgIpc) is 3.21. The summed E-state index contributed by atoms with van der Waals surface area (Å²) < 4.78 is 51.1. The molecule has 4 unspecified atom stereocenters. The molecule has 0 aromatic carbocycles. The molecule has 1 amide bonds. The van der Waals surface area contributed by atoms with Crippen LogP contribution in [0.3, 0.4) is 0 Å². The van der Waals surface area contributed by atoms with Crippen molar-refractivity contribution < 1.29 is 65.8 Å². The molecule has 2 heterocycles. The van der Waals surface area contributed by atoms with Gasteiger partial charge in [-0.25, -0.2) is 18.5 Å². The molecule has 1 aliphatic heterocycles. The zero-order chi connectivity index (χ0) is 28.7. The number of ether oxygens (including phenoxy) is 1. The van der Waals surface area contributed by atoms with Crippen LogP contribution < -0.4 is 16.7 Å². The summed E-state index contributed by atoms with van der Waals surface area (Å²) in [5, 5.41) is 2.48. The van der Waals surface area contributed by atoms with Gasteiger partial charge in [-0.05, 0) is 13.3 Å². The molecular weight excluding hydrogens is 581 g/mol. The molecule has 1 aromatic rings. The predicted octanol–water partition coefficient (Wildman–Crippen LogP) is -0.428. The van der Waals surface area contributed by atoms with E-state index in [0.29, 0.717) is 0 Å². The number of phosphoric acid groups is 3. The number of nitrogens with zero attached hydrogens (tertiary/aromatic N) is 2.